The predicted octanol–water partition coefficient (Wildman–Crippen LogP) is 5.49. The molecule has 0 bridgehead atoms. The van der Waals surface area contributed by atoms with Gasteiger partial charge >= 0.3 is 0 Å². The summed E-state index contributed by atoms with van der Waals surface area (Å²) in [7, 11) is 1.31. The second-order valence-electron chi connectivity index (χ2n) is 8.44. The van der Waals surface area contributed by atoms with Crippen LogP contribution in [0.15, 0.2) is 65.4 Å². The molecule has 3 rings (SSSR count). The molecule has 2 heterocycles. The van der Waals surface area contributed by atoms with Gasteiger partial charge in [0.05, 0.1) is 35.1 Å². The molecule has 1 unspecified atom stereocenters. The lowest BCUT2D eigenvalue weighted by Crippen LogP contribution is -2.32. The van der Waals surface area contributed by atoms with Gasteiger partial charge in [0.25, 0.3) is 5.91 Å². The Morgan fingerprint density at radius 2 is 2.05 bits per heavy atom. The van der Waals surface area contributed by atoms with Gasteiger partial charge in [-0.1, -0.05) is 48.4 Å². The van der Waals surface area contributed by atoms with E-state index >= 15 is 0 Å². The van der Waals surface area contributed by atoms with Crippen molar-refractivity contribution in [2.75, 3.05) is 18.9 Å². The molecule has 0 aliphatic rings. The third-order valence-corrected chi connectivity index (χ3v) is 6.25. The molecule has 2 aromatic heterocycles. The first-order valence-corrected chi connectivity index (χ1v) is 12.9. The summed E-state index contributed by atoms with van der Waals surface area (Å²) in [5, 5.41) is 7.51. The smallest absolute Gasteiger partial charge is 0.253 e. The normalized spacial score (nSPS) is 12.0. The Kier molecular flexibility index (Phi) is 11.6. The molecule has 2 amide bonds. The molecule has 1 atom stereocenters. The third-order valence-electron chi connectivity index (χ3n) is 5.49. The maximum absolute atomic E-state index is 12.0. The van der Waals surface area contributed by atoms with Crippen LogP contribution in [0.25, 0.3) is 11.3 Å². The Bertz CT molecular complexity index is 1270. The second-order valence-corrected chi connectivity index (χ2v) is 9.30. The lowest BCUT2D eigenvalue weighted by Gasteiger charge is -2.05. The van der Waals surface area contributed by atoms with Crippen molar-refractivity contribution in [1.29, 1.82) is 0 Å². The quantitative estimate of drug-likeness (QED) is 0.286. The van der Waals surface area contributed by atoms with Crippen molar-refractivity contribution in [3.05, 3.63) is 76.4 Å². The van der Waals surface area contributed by atoms with Crippen molar-refractivity contribution in [2.45, 2.75) is 41.0 Å². The number of aliphatic imine (C=N–C) groups is 1. The first-order valence-electron chi connectivity index (χ1n) is 12.0. The largest absolute Gasteiger partial charge is 0.343 e. The zero-order chi connectivity index (χ0) is 27.4. The molecular weight excluding hydrogens is 488 g/mol. The molecular formula is C27H35N6O3S+. The molecule has 0 spiro atoms. The summed E-state index contributed by atoms with van der Waals surface area (Å²) in [6.07, 6.45) is 7.82. The van der Waals surface area contributed by atoms with Crippen LogP contribution in [0, 0.1) is 17.7 Å². The van der Waals surface area contributed by atoms with E-state index < -0.39 is 5.91 Å². The van der Waals surface area contributed by atoms with Gasteiger partial charge in [-0.3, -0.25) is 14.6 Å². The van der Waals surface area contributed by atoms with Crippen molar-refractivity contribution in [1.82, 2.24) is 15.0 Å². The Morgan fingerprint density at radius 1 is 1.30 bits per heavy atom. The highest BCUT2D eigenvalue weighted by Crippen LogP contribution is 2.25. The summed E-state index contributed by atoms with van der Waals surface area (Å²) in [4.78, 5) is 44.4. The summed E-state index contributed by atoms with van der Waals surface area (Å²) < 4.78 is 1.22. The molecule has 10 heteroatoms. The minimum Gasteiger partial charge on any atom is -0.343 e. The molecule has 1 aromatic carbocycles. The van der Waals surface area contributed by atoms with Crippen LogP contribution in [0.1, 0.15) is 50.0 Å². The summed E-state index contributed by atoms with van der Waals surface area (Å²) in [5.74, 6) is -0.199. The number of aryl methyl sites for hydroxylation is 1. The number of hydrogen-bond acceptors (Lipinski definition) is 6. The van der Waals surface area contributed by atoms with Crippen LogP contribution < -0.4 is 10.6 Å². The van der Waals surface area contributed by atoms with Gasteiger partial charge in [-0.2, -0.15) is 0 Å². The van der Waals surface area contributed by atoms with Crippen LogP contribution in [-0.2, 0) is 4.79 Å². The van der Waals surface area contributed by atoms with E-state index in [-0.39, 0.29) is 12.5 Å². The minimum absolute atomic E-state index is 0.198. The van der Waals surface area contributed by atoms with E-state index in [4.69, 9.17) is 0 Å². The van der Waals surface area contributed by atoms with Gasteiger partial charge in [0.1, 0.15) is 4.87 Å². The van der Waals surface area contributed by atoms with Crippen LogP contribution in [0.2, 0.25) is 0 Å². The number of carbonyl (C=O) groups excluding carboxylic acids is 2. The maximum Gasteiger partial charge on any atom is 0.253 e. The topological polar surface area (TPSA) is 108 Å². The number of hydrogen-bond donors (Lipinski definition) is 2. The van der Waals surface area contributed by atoms with Crippen LogP contribution in [-0.4, -0.2) is 45.6 Å². The lowest BCUT2D eigenvalue weighted by atomic mass is 10.0. The monoisotopic (exact) mass is 523 g/mol. The number of carbonyl (C=O) groups is 2. The van der Waals surface area contributed by atoms with E-state index in [1.54, 1.807) is 0 Å². The SMILES string of the molecule is C/C=C\N=C(C)C(C)CC.Cc1cccc(-c2csc(NC(=O)CNC(=O)c3ccn([N+](C)=O)c3)n2)c1. The van der Waals surface area contributed by atoms with Gasteiger partial charge < -0.3 is 10.6 Å². The van der Waals surface area contributed by atoms with Crippen molar-refractivity contribution < 1.29 is 14.5 Å². The van der Waals surface area contributed by atoms with Crippen LogP contribution >= 0.6 is 11.3 Å². The Hall–Kier alpha value is -3.92. The Morgan fingerprint density at radius 3 is 2.68 bits per heavy atom. The number of benzene rings is 1. The minimum atomic E-state index is -0.440. The van der Waals surface area contributed by atoms with E-state index in [0.717, 1.165) is 16.8 Å². The molecule has 9 nitrogen and oxygen atoms in total. The van der Waals surface area contributed by atoms with Gasteiger partial charge in [0, 0.05) is 22.9 Å². The van der Waals surface area contributed by atoms with Gasteiger partial charge in [-0.05, 0) is 45.2 Å². The number of aromatic nitrogens is 2. The third kappa shape index (κ3) is 9.57. The number of nitrogens with zero attached hydrogens (tertiary/aromatic N) is 4. The predicted molar refractivity (Wildman–Crippen MR) is 150 cm³/mol. The Balaban J connectivity index is 0.000000410. The Labute approximate surface area is 221 Å². The lowest BCUT2D eigenvalue weighted by molar-refractivity contribution is -0.578. The fourth-order valence-corrected chi connectivity index (χ4v) is 3.74. The molecule has 37 heavy (non-hydrogen) atoms. The number of rotatable bonds is 9. The number of anilines is 1. The molecule has 0 aliphatic heterocycles. The number of allylic oxidation sites excluding steroid dienone is 1. The number of nitrogens with one attached hydrogen (secondary N) is 2. The highest BCUT2D eigenvalue weighted by atomic mass is 32.1. The summed E-state index contributed by atoms with van der Waals surface area (Å²) >= 11 is 1.32. The highest BCUT2D eigenvalue weighted by molar-refractivity contribution is 7.14. The summed E-state index contributed by atoms with van der Waals surface area (Å²) in [6.45, 7) is 10.2. The van der Waals surface area contributed by atoms with E-state index in [9.17, 15) is 14.5 Å². The molecule has 0 aliphatic carbocycles. The van der Waals surface area contributed by atoms with Crippen molar-refractivity contribution in [2.24, 2.45) is 10.9 Å². The van der Waals surface area contributed by atoms with E-state index in [0.29, 0.717) is 21.5 Å². The molecule has 3 aromatic rings. The molecule has 0 saturated heterocycles. The molecule has 196 valence electrons. The van der Waals surface area contributed by atoms with Crippen molar-refractivity contribution >= 4 is 34.0 Å². The molecule has 0 saturated carbocycles. The van der Waals surface area contributed by atoms with Crippen LogP contribution in [0.3, 0.4) is 0 Å². The maximum atomic E-state index is 12.0. The first-order chi connectivity index (χ1) is 17.6. The number of thiazole rings is 1. The van der Waals surface area contributed by atoms with E-state index in [1.807, 2.05) is 55.8 Å². The van der Waals surface area contributed by atoms with Crippen molar-refractivity contribution in [3.8, 4) is 11.3 Å². The van der Waals surface area contributed by atoms with E-state index in [2.05, 4.69) is 41.4 Å². The zero-order valence-corrected chi connectivity index (χ0v) is 23.0. The zero-order valence-electron chi connectivity index (χ0n) is 22.2. The van der Waals surface area contributed by atoms with Crippen LogP contribution in [0.4, 0.5) is 5.13 Å². The number of nitroso groups, excluding NO2 is 1. The summed E-state index contributed by atoms with van der Waals surface area (Å²) in [6, 6.07) is 9.43. The summed E-state index contributed by atoms with van der Waals surface area (Å²) in [5.41, 5.74) is 4.41. The van der Waals surface area contributed by atoms with Gasteiger partial charge in [0.2, 0.25) is 13.0 Å². The highest BCUT2D eigenvalue weighted by Gasteiger charge is 2.14. The van der Waals surface area contributed by atoms with Gasteiger partial charge in [-0.15, -0.1) is 11.3 Å². The first kappa shape index (κ1) is 29.3. The average molecular weight is 524 g/mol. The molecule has 2 N–H and O–H groups in total. The van der Waals surface area contributed by atoms with Gasteiger partial charge in [-0.25, -0.2) is 4.98 Å². The van der Waals surface area contributed by atoms with E-state index in [1.165, 1.54) is 53.7 Å². The molecule has 0 fully saturated rings. The number of amides is 2. The fourth-order valence-electron chi connectivity index (χ4n) is 3.00. The van der Waals surface area contributed by atoms with Gasteiger partial charge in [0.15, 0.2) is 5.13 Å². The second kappa shape index (κ2) is 14.6. The fraction of sp³-hybridized carbons (Fsp3) is 0.333. The van der Waals surface area contributed by atoms with Crippen molar-refractivity contribution in [3.63, 3.8) is 0 Å². The molecule has 0 radical (unpaired) electrons. The van der Waals surface area contributed by atoms with Crippen LogP contribution in [0.5, 0.6) is 0 Å². The standard InChI is InChI=1S/C18H17N5O3S.C9H17N/c1-12-4-3-5-13(8-12)15-11-27-18(20-15)21-16(24)9-19-17(25)14-6-7-23(10-14)22(2)26;1-5-7-10-9(4)8(3)6-2/h3-8,10-11H,9H2,1-2H3,(H-,19,20,21,24,25);5,7-8H,6H2,1-4H3/p+1/b;7-5-,10-9?. The average Bonchev–Trinajstić information content (AvgIpc) is 3.56.